The van der Waals surface area contributed by atoms with Gasteiger partial charge in [-0.3, -0.25) is 0 Å². The van der Waals surface area contributed by atoms with Gasteiger partial charge in [-0.05, 0) is 0 Å². The number of hydrogen-bond acceptors (Lipinski definition) is 1. The molecular formula is C15H32NOP. The Morgan fingerprint density at radius 3 is 2.33 bits per heavy atom. The Morgan fingerprint density at radius 2 is 1.89 bits per heavy atom. The SMILES string of the molecule is C=C(C)C[PH](C)(C)CCCC(C)(C)NC(=O)CC. The van der Waals surface area contributed by atoms with E-state index >= 15 is 0 Å². The van der Waals surface area contributed by atoms with Crippen molar-refractivity contribution < 1.29 is 4.79 Å². The fourth-order valence-corrected chi connectivity index (χ4v) is 5.39. The minimum absolute atomic E-state index is 0.0687. The first-order valence-electron chi connectivity index (χ1n) is 7.03. The molecule has 0 saturated carbocycles. The zero-order valence-electron chi connectivity index (χ0n) is 13.2. The molecule has 0 aliphatic heterocycles. The molecule has 0 bridgehead atoms. The Balaban J connectivity index is 4.09. The van der Waals surface area contributed by atoms with Crippen LogP contribution in [-0.4, -0.2) is 37.1 Å². The number of carbonyl (C=O) groups is 1. The fraction of sp³-hybridized carbons (Fsp3) is 0.800. The number of rotatable bonds is 8. The van der Waals surface area contributed by atoms with Gasteiger partial charge in [-0.25, -0.2) is 0 Å². The first kappa shape index (κ1) is 17.6. The van der Waals surface area contributed by atoms with Crippen LogP contribution >= 0.6 is 7.26 Å². The molecule has 1 N–H and O–H groups in total. The van der Waals surface area contributed by atoms with E-state index in [0.717, 1.165) is 6.42 Å². The second-order valence-electron chi connectivity index (χ2n) is 6.94. The second kappa shape index (κ2) is 7.28. The van der Waals surface area contributed by atoms with Crippen LogP contribution in [0.1, 0.15) is 47.0 Å². The van der Waals surface area contributed by atoms with Crippen molar-refractivity contribution in [3.05, 3.63) is 12.2 Å². The molecule has 0 aliphatic carbocycles. The van der Waals surface area contributed by atoms with E-state index in [1.165, 1.54) is 24.3 Å². The summed E-state index contributed by atoms with van der Waals surface area (Å²) in [7, 11) is -1.13. The predicted octanol–water partition coefficient (Wildman–Crippen LogP) is 3.66. The van der Waals surface area contributed by atoms with Crippen molar-refractivity contribution >= 4 is 13.2 Å². The molecule has 0 radical (unpaired) electrons. The standard InChI is InChI=1S/C15H32NOP/c1-8-14(17)16-15(4,5)10-9-11-18(6,7)12-13(2)3/h18H,2,8-12H2,1,3-7H3,(H,16,17). The van der Waals surface area contributed by atoms with E-state index in [1.54, 1.807) is 0 Å². The molecule has 108 valence electrons. The Labute approximate surface area is 114 Å². The molecule has 2 nitrogen and oxygen atoms in total. The van der Waals surface area contributed by atoms with Crippen LogP contribution in [-0.2, 0) is 4.79 Å². The molecule has 0 spiro atoms. The third kappa shape index (κ3) is 8.69. The summed E-state index contributed by atoms with van der Waals surface area (Å²) in [5, 5.41) is 3.09. The monoisotopic (exact) mass is 273 g/mol. The van der Waals surface area contributed by atoms with Gasteiger partial charge >= 0.3 is 114 Å². The Morgan fingerprint density at radius 1 is 1.33 bits per heavy atom. The van der Waals surface area contributed by atoms with Crippen molar-refractivity contribution in [1.29, 1.82) is 0 Å². The first-order chi connectivity index (χ1) is 8.08. The average Bonchev–Trinajstić information content (AvgIpc) is 2.13. The molecule has 0 unspecified atom stereocenters. The molecule has 0 aliphatic rings. The van der Waals surface area contributed by atoms with Crippen LogP contribution in [0.3, 0.4) is 0 Å². The fourth-order valence-electron chi connectivity index (χ4n) is 2.44. The summed E-state index contributed by atoms with van der Waals surface area (Å²) in [4.78, 5) is 11.4. The van der Waals surface area contributed by atoms with E-state index in [0.29, 0.717) is 6.42 Å². The number of allylic oxidation sites excluding steroid dienone is 1. The Bertz CT molecular complexity index is 295. The zero-order chi connectivity index (χ0) is 14.4. The molecule has 1 amide bonds. The maximum atomic E-state index is 11.4. The second-order valence-corrected chi connectivity index (χ2v) is 12.1. The van der Waals surface area contributed by atoms with Gasteiger partial charge in [-0.2, -0.15) is 0 Å². The van der Waals surface area contributed by atoms with Gasteiger partial charge in [0.15, 0.2) is 0 Å². The summed E-state index contributed by atoms with van der Waals surface area (Å²) in [6.07, 6.45) is 5.36. The quantitative estimate of drug-likeness (QED) is 0.531. The van der Waals surface area contributed by atoms with Crippen LogP contribution in [0.25, 0.3) is 0 Å². The molecular weight excluding hydrogens is 241 g/mol. The van der Waals surface area contributed by atoms with Gasteiger partial charge in [0.2, 0.25) is 0 Å². The van der Waals surface area contributed by atoms with Crippen LogP contribution in [0.4, 0.5) is 0 Å². The molecule has 0 aromatic rings. The average molecular weight is 273 g/mol. The van der Waals surface area contributed by atoms with Crippen LogP contribution in [0.2, 0.25) is 0 Å². The summed E-state index contributed by atoms with van der Waals surface area (Å²) in [6.45, 7) is 17.1. The van der Waals surface area contributed by atoms with Gasteiger partial charge in [0.1, 0.15) is 0 Å². The Hall–Kier alpha value is -0.360. The van der Waals surface area contributed by atoms with Crippen LogP contribution in [0.5, 0.6) is 0 Å². The van der Waals surface area contributed by atoms with Gasteiger partial charge in [0, 0.05) is 0 Å². The van der Waals surface area contributed by atoms with E-state index in [-0.39, 0.29) is 11.4 Å². The number of nitrogens with one attached hydrogen (secondary N) is 1. The van der Waals surface area contributed by atoms with E-state index in [1.807, 2.05) is 6.92 Å². The van der Waals surface area contributed by atoms with E-state index in [9.17, 15) is 4.79 Å². The van der Waals surface area contributed by atoms with Crippen molar-refractivity contribution in [2.24, 2.45) is 0 Å². The number of hydrogen-bond donors (Lipinski definition) is 1. The van der Waals surface area contributed by atoms with Crippen LogP contribution in [0.15, 0.2) is 12.2 Å². The van der Waals surface area contributed by atoms with Gasteiger partial charge < -0.3 is 0 Å². The van der Waals surface area contributed by atoms with Crippen LogP contribution < -0.4 is 5.32 Å². The summed E-state index contributed by atoms with van der Waals surface area (Å²) in [5.41, 5.74) is 1.24. The van der Waals surface area contributed by atoms with E-state index < -0.39 is 7.26 Å². The molecule has 0 fully saturated rings. The molecule has 0 aromatic heterocycles. The van der Waals surface area contributed by atoms with Crippen molar-refractivity contribution in [3.63, 3.8) is 0 Å². The van der Waals surface area contributed by atoms with Crippen LogP contribution in [0, 0.1) is 0 Å². The summed E-state index contributed by atoms with van der Waals surface area (Å²) < 4.78 is 0. The minimum atomic E-state index is -1.13. The number of carbonyl (C=O) groups excluding carboxylic acids is 1. The van der Waals surface area contributed by atoms with Crippen molar-refractivity contribution in [1.82, 2.24) is 5.32 Å². The van der Waals surface area contributed by atoms with Crippen molar-refractivity contribution in [2.45, 2.75) is 52.5 Å². The first-order valence-corrected chi connectivity index (χ1v) is 10.4. The molecule has 0 aromatic carbocycles. The third-order valence-electron chi connectivity index (χ3n) is 3.23. The van der Waals surface area contributed by atoms with E-state index in [4.69, 9.17) is 0 Å². The Kier molecular flexibility index (Phi) is 7.14. The van der Waals surface area contributed by atoms with Gasteiger partial charge in [0.05, 0.1) is 0 Å². The van der Waals surface area contributed by atoms with Crippen molar-refractivity contribution in [2.75, 3.05) is 25.7 Å². The molecule has 0 atom stereocenters. The molecule has 18 heavy (non-hydrogen) atoms. The summed E-state index contributed by atoms with van der Waals surface area (Å²) in [5.74, 6) is 0.151. The van der Waals surface area contributed by atoms with Gasteiger partial charge in [-0.1, -0.05) is 0 Å². The molecule has 0 rings (SSSR count). The predicted molar refractivity (Wildman–Crippen MR) is 86.5 cm³/mol. The number of amides is 1. The van der Waals surface area contributed by atoms with Gasteiger partial charge in [-0.15, -0.1) is 0 Å². The topological polar surface area (TPSA) is 29.1 Å². The summed E-state index contributed by atoms with van der Waals surface area (Å²) >= 11 is 0. The molecule has 0 saturated heterocycles. The normalized spacial score (nSPS) is 13.2. The van der Waals surface area contributed by atoms with Gasteiger partial charge in [0.25, 0.3) is 0 Å². The summed E-state index contributed by atoms with van der Waals surface area (Å²) in [6, 6.07) is 0. The van der Waals surface area contributed by atoms with Crippen molar-refractivity contribution in [3.8, 4) is 0 Å². The molecule has 0 heterocycles. The van der Waals surface area contributed by atoms with E-state index in [2.05, 4.69) is 46.0 Å². The molecule has 3 heteroatoms. The maximum absolute atomic E-state index is 11.4. The third-order valence-corrected chi connectivity index (χ3v) is 6.50. The zero-order valence-corrected chi connectivity index (χ0v) is 14.2.